The van der Waals surface area contributed by atoms with E-state index in [0.29, 0.717) is 29.0 Å². The van der Waals surface area contributed by atoms with Crippen LogP contribution in [0.5, 0.6) is 0 Å². The van der Waals surface area contributed by atoms with Gasteiger partial charge in [0.15, 0.2) is 11.7 Å². The Morgan fingerprint density at radius 2 is 2.06 bits per heavy atom. The molecule has 0 aromatic carbocycles. The van der Waals surface area contributed by atoms with Crippen molar-refractivity contribution in [3.8, 4) is 0 Å². The van der Waals surface area contributed by atoms with Gasteiger partial charge in [0.25, 0.3) is 0 Å². The predicted molar refractivity (Wildman–Crippen MR) is 131 cm³/mol. The molecule has 170 valence electrons. The molecular formula is C25H37N3OS2. The van der Waals surface area contributed by atoms with Crippen molar-refractivity contribution in [1.29, 1.82) is 0 Å². The van der Waals surface area contributed by atoms with Gasteiger partial charge in [-0.3, -0.25) is 9.79 Å². The number of allylic oxidation sites excluding steroid dienone is 2. The van der Waals surface area contributed by atoms with Gasteiger partial charge in [-0.05, 0) is 86.0 Å². The maximum absolute atomic E-state index is 13.6. The van der Waals surface area contributed by atoms with Crippen LogP contribution in [0.4, 0.5) is 0 Å². The number of nitrogens with zero attached hydrogens (tertiary/aromatic N) is 1. The van der Waals surface area contributed by atoms with Gasteiger partial charge in [-0.1, -0.05) is 41.0 Å². The van der Waals surface area contributed by atoms with Crippen LogP contribution in [-0.4, -0.2) is 35.3 Å². The molecule has 0 amide bonds. The molecule has 6 bridgehead atoms. The highest BCUT2D eigenvalue weighted by Gasteiger charge is 2.73. The summed E-state index contributed by atoms with van der Waals surface area (Å²) in [6, 6.07) is 0. The summed E-state index contributed by atoms with van der Waals surface area (Å²) in [5.74, 6) is 6.39. The number of fused-ring (bicyclic) bond motifs is 1. The third-order valence-corrected chi connectivity index (χ3v) is 13.2. The standard InChI is InChI=1S/C25H37N3OS2/c1-15-16-5-6-17-19(12-16)23(2)9-11-30-31-14-24(8-10-27-22(26)28-24)7-3-4-18-20(29)13-25(15,23)21(17)18/h15-17,19H,3-14H2,1-2H3,(H3,26,27,28). The lowest BCUT2D eigenvalue weighted by Gasteiger charge is -2.57. The van der Waals surface area contributed by atoms with Crippen LogP contribution in [0.3, 0.4) is 0 Å². The number of carbonyl (C=O) groups excluding carboxylic acids is 1. The molecule has 0 aromatic rings. The summed E-state index contributed by atoms with van der Waals surface area (Å²) in [5, 5.41) is 3.56. The second kappa shape index (κ2) is 7.19. The van der Waals surface area contributed by atoms with Gasteiger partial charge < -0.3 is 11.1 Å². The van der Waals surface area contributed by atoms with Crippen molar-refractivity contribution in [3.63, 3.8) is 0 Å². The van der Waals surface area contributed by atoms with Gasteiger partial charge in [0.1, 0.15) is 0 Å². The number of Topliss-reactive ketones (excluding diaryl/α,β-unsaturated/α-hetero) is 1. The van der Waals surface area contributed by atoms with Crippen molar-refractivity contribution >= 4 is 33.3 Å². The maximum atomic E-state index is 13.6. The number of ketones is 1. The number of aliphatic imine (C=N–C) groups is 1. The zero-order chi connectivity index (χ0) is 21.4. The minimum absolute atomic E-state index is 0.0344. The molecule has 3 N–H and O–H groups in total. The number of guanidine groups is 1. The number of hydrogen-bond acceptors (Lipinski definition) is 6. The summed E-state index contributed by atoms with van der Waals surface area (Å²) in [4.78, 5) is 18.0. The lowest BCUT2D eigenvalue weighted by molar-refractivity contribution is -0.124. The van der Waals surface area contributed by atoms with Crippen LogP contribution >= 0.6 is 21.6 Å². The monoisotopic (exact) mass is 459 g/mol. The molecule has 6 rings (SSSR count). The summed E-state index contributed by atoms with van der Waals surface area (Å²) in [6.07, 6.45) is 10.4. The lowest BCUT2D eigenvalue weighted by Crippen LogP contribution is -2.56. The number of nitrogens with two attached hydrogens (primary N) is 1. The van der Waals surface area contributed by atoms with E-state index in [0.717, 1.165) is 56.2 Å². The van der Waals surface area contributed by atoms with Crippen LogP contribution in [0.15, 0.2) is 16.1 Å². The fourth-order valence-corrected chi connectivity index (χ4v) is 12.0. The number of rotatable bonds is 0. The molecule has 31 heavy (non-hydrogen) atoms. The average Bonchev–Trinajstić information content (AvgIpc) is 3.06. The molecule has 6 aliphatic rings. The van der Waals surface area contributed by atoms with Crippen LogP contribution in [0.1, 0.15) is 71.6 Å². The Kier molecular flexibility index (Phi) is 4.86. The zero-order valence-electron chi connectivity index (χ0n) is 19.0. The first-order valence-corrected chi connectivity index (χ1v) is 15.0. The van der Waals surface area contributed by atoms with E-state index in [9.17, 15) is 4.79 Å². The molecule has 0 aromatic heterocycles. The van der Waals surface area contributed by atoms with Crippen LogP contribution in [0, 0.1) is 34.5 Å². The van der Waals surface area contributed by atoms with E-state index in [1.807, 2.05) is 10.8 Å². The van der Waals surface area contributed by atoms with Crippen molar-refractivity contribution in [2.24, 2.45) is 45.2 Å². The van der Waals surface area contributed by atoms with E-state index >= 15 is 0 Å². The molecule has 3 saturated carbocycles. The van der Waals surface area contributed by atoms with E-state index in [2.05, 4.69) is 35.0 Å². The molecule has 2 heterocycles. The Bertz CT molecular complexity index is 871. The Hall–Kier alpha value is -0.620. The Morgan fingerprint density at radius 3 is 2.90 bits per heavy atom. The topological polar surface area (TPSA) is 67.5 Å². The minimum atomic E-state index is 0.0344. The van der Waals surface area contributed by atoms with E-state index in [1.54, 1.807) is 5.57 Å². The van der Waals surface area contributed by atoms with Gasteiger partial charge >= 0.3 is 0 Å². The highest BCUT2D eigenvalue weighted by molar-refractivity contribution is 8.76. The van der Waals surface area contributed by atoms with Crippen LogP contribution < -0.4 is 11.1 Å². The van der Waals surface area contributed by atoms with Gasteiger partial charge in [0.05, 0.1) is 5.54 Å². The summed E-state index contributed by atoms with van der Waals surface area (Å²) in [6.45, 7) is 5.94. The molecule has 0 saturated heterocycles. The fraction of sp³-hybridized carbons (Fsp3) is 0.840. The molecule has 0 radical (unpaired) electrons. The molecule has 7 unspecified atom stereocenters. The number of hydrogen-bond donors (Lipinski definition) is 2. The van der Waals surface area contributed by atoms with Gasteiger partial charge in [0.2, 0.25) is 0 Å². The third-order valence-electron chi connectivity index (χ3n) is 10.6. The number of nitrogens with one attached hydrogen (secondary N) is 1. The van der Waals surface area contributed by atoms with Gasteiger partial charge in [-0.25, -0.2) is 0 Å². The van der Waals surface area contributed by atoms with E-state index in [4.69, 9.17) is 5.73 Å². The van der Waals surface area contributed by atoms with Crippen molar-refractivity contribution in [2.45, 2.75) is 77.2 Å². The smallest absolute Gasteiger partial charge is 0.189 e. The van der Waals surface area contributed by atoms with Crippen LogP contribution in [-0.2, 0) is 4.79 Å². The second-order valence-electron chi connectivity index (χ2n) is 11.6. The van der Waals surface area contributed by atoms with Crippen LogP contribution in [0.2, 0.25) is 0 Å². The normalized spacial score (nSPS) is 49.4. The summed E-state index contributed by atoms with van der Waals surface area (Å²) < 4.78 is 0. The third kappa shape index (κ3) is 2.76. The summed E-state index contributed by atoms with van der Waals surface area (Å²) in [5.41, 5.74) is 9.57. The average molecular weight is 460 g/mol. The Morgan fingerprint density at radius 1 is 1.19 bits per heavy atom. The maximum Gasteiger partial charge on any atom is 0.189 e. The van der Waals surface area contributed by atoms with Crippen molar-refractivity contribution in [3.05, 3.63) is 11.1 Å². The summed E-state index contributed by atoms with van der Waals surface area (Å²) in [7, 11) is 4.09. The molecule has 4 nitrogen and oxygen atoms in total. The Balaban J connectivity index is 1.40. The second-order valence-corrected chi connectivity index (χ2v) is 14.1. The first kappa shape index (κ1) is 20.9. The molecule has 6 heteroatoms. The molecule has 4 aliphatic carbocycles. The first-order chi connectivity index (χ1) is 14.9. The Labute approximate surface area is 194 Å². The highest BCUT2D eigenvalue weighted by atomic mass is 33.1. The predicted octanol–water partition coefficient (Wildman–Crippen LogP) is 4.95. The fourth-order valence-electron chi connectivity index (χ4n) is 9.19. The van der Waals surface area contributed by atoms with E-state index in [-0.39, 0.29) is 11.0 Å². The first-order valence-electron chi connectivity index (χ1n) is 12.5. The van der Waals surface area contributed by atoms with Gasteiger partial charge in [-0.15, -0.1) is 0 Å². The SMILES string of the molecule is CC1C2CCC3C4=C5CCCC6(CCN=C(N)N6)CSSCCC(C)(C3C2)C41CC5=O. The molecule has 3 fully saturated rings. The number of carbonyl (C=O) groups is 1. The van der Waals surface area contributed by atoms with Crippen molar-refractivity contribution in [1.82, 2.24) is 5.32 Å². The molecular weight excluding hydrogens is 422 g/mol. The summed E-state index contributed by atoms with van der Waals surface area (Å²) >= 11 is 0. The van der Waals surface area contributed by atoms with Gasteiger partial charge in [0, 0.05) is 29.9 Å². The molecule has 2 aliphatic heterocycles. The van der Waals surface area contributed by atoms with E-state index in [1.165, 1.54) is 37.0 Å². The minimum Gasteiger partial charge on any atom is -0.370 e. The van der Waals surface area contributed by atoms with Crippen LogP contribution in [0.25, 0.3) is 0 Å². The molecule has 7 atom stereocenters. The quantitative estimate of drug-likeness (QED) is 0.502. The lowest BCUT2D eigenvalue weighted by atomic mass is 9.47. The van der Waals surface area contributed by atoms with Crippen molar-refractivity contribution < 1.29 is 4.79 Å². The molecule has 2 spiro atoms. The van der Waals surface area contributed by atoms with Crippen molar-refractivity contribution in [2.75, 3.05) is 18.1 Å². The largest absolute Gasteiger partial charge is 0.370 e. The highest BCUT2D eigenvalue weighted by Crippen LogP contribution is 2.79. The van der Waals surface area contributed by atoms with Gasteiger partial charge in [-0.2, -0.15) is 0 Å². The zero-order valence-corrected chi connectivity index (χ0v) is 20.7. The van der Waals surface area contributed by atoms with E-state index < -0.39 is 0 Å².